The number of halogens is 3. The van der Waals surface area contributed by atoms with Crippen LogP contribution in [-0.2, 0) is 17.5 Å². The number of H-pyrrole nitrogens is 1. The lowest BCUT2D eigenvalue weighted by Gasteiger charge is -2.23. The van der Waals surface area contributed by atoms with E-state index in [-0.39, 0.29) is 18.0 Å². The summed E-state index contributed by atoms with van der Waals surface area (Å²) in [5, 5.41) is 0.520. The quantitative estimate of drug-likeness (QED) is 0.276. The van der Waals surface area contributed by atoms with Crippen molar-refractivity contribution in [3.05, 3.63) is 83.2 Å². The number of ketones is 1. The molecule has 1 amide bonds. The number of hydrogen-bond acceptors (Lipinski definition) is 5. The maximum atomic E-state index is 13.6. The minimum absolute atomic E-state index is 0.152. The van der Waals surface area contributed by atoms with Gasteiger partial charge in [0.2, 0.25) is 5.88 Å². The Hall–Kier alpha value is -4.34. The maximum Gasteiger partial charge on any atom is 0.416 e. The first-order chi connectivity index (χ1) is 17.1. The minimum atomic E-state index is -4.49. The molecule has 36 heavy (non-hydrogen) atoms. The predicted octanol–water partition coefficient (Wildman–Crippen LogP) is 5.32. The molecule has 0 unspecified atom stereocenters. The summed E-state index contributed by atoms with van der Waals surface area (Å²) < 4.78 is 49.4. The number of Topliss-reactive ketones (excluding diaryl/α,β-unsaturated/α-hetero) is 1. The van der Waals surface area contributed by atoms with Gasteiger partial charge in [0.05, 0.1) is 37.6 Å². The molecule has 0 aliphatic heterocycles. The number of alkyl halides is 3. The molecule has 2 aromatic carbocycles. The number of amides is 1. The number of benzene rings is 2. The van der Waals surface area contributed by atoms with Crippen molar-refractivity contribution < 1.29 is 32.2 Å². The number of nitrogens with one attached hydrogen (secondary N) is 1. The van der Waals surface area contributed by atoms with Crippen molar-refractivity contribution in [2.24, 2.45) is 0 Å². The molecule has 0 saturated heterocycles. The number of carbonyl (C=O) groups is 2. The van der Waals surface area contributed by atoms with E-state index in [1.165, 1.54) is 49.6 Å². The Kier molecular flexibility index (Phi) is 6.69. The number of anilines is 1. The van der Waals surface area contributed by atoms with Gasteiger partial charge in [-0.1, -0.05) is 12.1 Å². The van der Waals surface area contributed by atoms with E-state index in [0.29, 0.717) is 33.6 Å². The highest BCUT2D eigenvalue weighted by atomic mass is 19.4. The fourth-order valence-corrected chi connectivity index (χ4v) is 3.90. The minimum Gasteiger partial charge on any atom is -0.497 e. The molecule has 4 aromatic rings. The molecule has 0 aliphatic carbocycles. The molecule has 0 aliphatic rings. The van der Waals surface area contributed by atoms with E-state index in [9.17, 15) is 22.8 Å². The summed E-state index contributed by atoms with van der Waals surface area (Å²) in [5.41, 5.74) is 1.23. The van der Waals surface area contributed by atoms with Crippen molar-refractivity contribution in [1.29, 1.82) is 0 Å². The van der Waals surface area contributed by atoms with Gasteiger partial charge in [-0.15, -0.1) is 0 Å². The first-order valence-electron chi connectivity index (χ1n) is 10.8. The smallest absolute Gasteiger partial charge is 0.416 e. The van der Waals surface area contributed by atoms with Crippen molar-refractivity contribution in [3.8, 4) is 11.6 Å². The summed E-state index contributed by atoms with van der Waals surface area (Å²) >= 11 is 0. The van der Waals surface area contributed by atoms with Crippen LogP contribution in [0.15, 0.2) is 60.8 Å². The zero-order chi connectivity index (χ0) is 26.0. The van der Waals surface area contributed by atoms with E-state index in [0.717, 1.165) is 12.1 Å². The van der Waals surface area contributed by atoms with Gasteiger partial charge in [-0.2, -0.15) is 13.2 Å². The normalized spacial score (nSPS) is 11.4. The average Bonchev–Trinajstić information content (AvgIpc) is 3.20. The Morgan fingerprint density at radius 1 is 1.00 bits per heavy atom. The number of aromatic amines is 1. The Labute approximate surface area is 204 Å². The molecule has 0 fully saturated rings. The second-order valence-corrected chi connectivity index (χ2v) is 8.01. The highest BCUT2D eigenvalue weighted by Gasteiger charge is 2.31. The average molecular weight is 497 g/mol. The van der Waals surface area contributed by atoms with Crippen LogP contribution in [0, 0.1) is 6.92 Å². The Morgan fingerprint density at radius 2 is 1.72 bits per heavy atom. The number of pyridine rings is 1. The third-order valence-electron chi connectivity index (χ3n) is 5.72. The van der Waals surface area contributed by atoms with E-state index in [1.807, 2.05) is 0 Å². The van der Waals surface area contributed by atoms with Crippen LogP contribution >= 0.6 is 0 Å². The first kappa shape index (κ1) is 24.8. The van der Waals surface area contributed by atoms with Crippen LogP contribution in [-0.4, -0.2) is 35.9 Å². The third kappa shape index (κ3) is 4.88. The van der Waals surface area contributed by atoms with Crippen molar-refractivity contribution in [3.63, 3.8) is 0 Å². The fraction of sp³-hybridized carbons (Fsp3) is 0.192. The van der Waals surface area contributed by atoms with Gasteiger partial charge in [-0.3, -0.25) is 9.59 Å². The number of hydrogen-bond donors (Lipinski definition) is 1. The van der Waals surface area contributed by atoms with E-state index < -0.39 is 23.4 Å². The summed E-state index contributed by atoms with van der Waals surface area (Å²) in [6.45, 7) is 1.53. The summed E-state index contributed by atoms with van der Waals surface area (Å²) in [7, 11) is 2.90. The first-order valence-corrected chi connectivity index (χ1v) is 10.8. The van der Waals surface area contributed by atoms with E-state index >= 15 is 0 Å². The monoisotopic (exact) mass is 497 g/mol. The summed E-state index contributed by atoms with van der Waals surface area (Å²) in [6, 6.07) is 12.5. The Morgan fingerprint density at radius 3 is 2.36 bits per heavy atom. The number of carbonyl (C=O) groups excluding carboxylic acids is 2. The highest BCUT2D eigenvalue weighted by Crippen LogP contribution is 2.31. The number of rotatable bonds is 7. The molecule has 0 bridgehead atoms. The second-order valence-electron chi connectivity index (χ2n) is 8.01. The number of ether oxygens (including phenoxy) is 2. The molecule has 0 saturated carbocycles. The Balaban J connectivity index is 1.75. The van der Waals surface area contributed by atoms with Crippen LogP contribution in [0.4, 0.5) is 18.9 Å². The molecular formula is C26H22F3N3O4. The lowest BCUT2D eigenvalue weighted by atomic mass is 10.0. The van der Waals surface area contributed by atoms with Gasteiger partial charge in [0.25, 0.3) is 11.7 Å². The standard InChI is InChI=1S/C26H22F3N3O4/c1-15-23(20-13-19(35-2)8-9-21(20)31-15)24(33)25(34)32(18-10-11-30-22(12-18)36-3)14-16-4-6-17(7-5-16)26(27,28)29/h4-13,31H,14H2,1-3H3. The van der Waals surface area contributed by atoms with E-state index in [2.05, 4.69) is 9.97 Å². The molecule has 1 N–H and O–H groups in total. The van der Waals surface area contributed by atoms with Gasteiger partial charge >= 0.3 is 6.18 Å². The van der Waals surface area contributed by atoms with Gasteiger partial charge in [0, 0.05) is 28.9 Å². The summed E-state index contributed by atoms with van der Waals surface area (Å²) in [6.07, 6.45) is -3.08. The topological polar surface area (TPSA) is 84.5 Å². The summed E-state index contributed by atoms with van der Waals surface area (Å²) in [4.78, 5) is 35.5. The molecule has 2 aromatic heterocycles. The van der Waals surface area contributed by atoms with E-state index in [4.69, 9.17) is 9.47 Å². The number of fused-ring (bicyclic) bond motifs is 1. The van der Waals surface area contributed by atoms with Crippen molar-refractivity contribution in [2.45, 2.75) is 19.6 Å². The maximum absolute atomic E-state index is 13.6. The van der Waals surface area contributed by atoms with Crippen molar-refractivity contribution in [2.75, 3.05) is 19.1 Å². The van der Waals surface area contributed by atoms with Crippen LogP contribution in [0.5, 0.6) is 11.6 Å². The molecule has 0 atom stereocenters. The SMILES string of the molecule is COc1ccc2[nH]c(C)c(C(=O)C(=O)N(Cc3ccc(C(F)(F)F)cc3)c3ccnc(OC)c3)c2c1. The fourth-order valence-electron chi connectivity index (χ4n) is 3.90. The van der Waals surface area contributed by atoms with Crippen LogP contribution in [0.25, 0.3) is 10.9 Å². The van der Waals surface area contributed by atoms with E-state index in [1.54, 1.807) is 25.1 Å². The van der Waals surface area contributed by atoms with Crippen LogP contribution in [0.1, 0.15) is 27.2 Å². The van der Waals surface area contributed by atoms with Gasteiger partial charge in [-0.25, -0.2) is 4.98 Å². The number of nitrogens with zero attached hydrogens (tertiary/aromatic N) is 2. The molecule has 0 radical (unpaired) electrons. The molecular weight excluding hydrogens is 475 g/mol. The molecule has 10 heteroatoms. The highest BCUT2D eigenvalue weighted by molar-refractivity contribution is 6.49. The number of aryl methyl sites for hydroxylation is 1. The second kappa shape index (κ2) is 9.73. The summed E-state index contributed by atoms with van der Waals surface area (Å²) in [5.74, 6) is -0.925. The molecule has 0 spiro atoms. The zero-order valence-corrected chi connectivity index (χ0v) is 19.6. The zero-order valence-electron chi connectivity index (χ0n) is 19.6. The third-order valence-corrected chi connectivity index (χ3v) is 5.72. The van der Waals surface area contributed by atoms with Crippen molar-refractivity contribution >= 4 is 28.3 Å². The largest absolute Gasteiger partial charge is 0.497 e. The van der Waals surface area contributed by atoms with Gasteiger partial charge in [-0.05, 0) is 48.9 Å². The molecule has 4 rings (SSSR count). The predicted molar refractivity (Wildman–Crippen MR) is 127 cm³/mol. The number of methoxy groups -OCH3 is 2. The molecule has 7 nitrogen and oxygen atoms in total. The number of aromatic nitrogens is 2. The molecule has 2 heterocycles. The van der Waals surface area contributed by atoms with Crippen molar-refractivity contribution in [1.82, 2.24) is 9.97 Å². The van der Waals surface area contributed by atoms with Gasteiger partial charge in [0.15, 0.2) is 0 Å². The van der Waals surface area contributed by atoms with Crippen LogP contribution < -0.4 is 14.4 Å². The van der Waals surface area contributed by atoms with Gasteiger partial charge in [0.1, 0.15) is 5.75 Å². The van der Waals surface area contributed by atoms with Crippen LogP contribution in [0.2, 0.25) is 0 Å². The molecule has 186 valence electrons. The van der Waals surface area contributed by atoms with Gasteiger partial charge < -0.3 is 19.4 Å². The van der Waals surface area contributed by atoms with Crippen LogP contribution in [0.3, 0.4) is 0 Å². The Bertz CT molecular complexity index is 1430. The lowest BCUT2D eigenvalue weighted by Crippen LogP contribution is -2.36. The lowest BCUT2D eigenvalue weighted by molar-refractivity contribution is -0.137.